The Kier molecular flexibility index (Phi) is 3.79. The Hall–Kier alpha value is -1.65. The zero-order chi connectivity index (χ0) is 13.1. The Morgan fingerprint density at radius 1 is 1.39 bits per heavy atom. The quantitative estimate of drug-likeness (QED) is 0.668. The number of hydrogen-bond acceptors (Lipinski definition) is 3. The maximum absolute atomic E-state index is 11.3. The largest absolute Gasteiger partial charge is 0.426 e. The number of amides is 1. The highest BCUT2D eigenvalue weighted by Crippen LogP contribution is 2.18. The summed E-state index contributed by atoms with van der Waals surface area (Å²) in [5.74, 6) is -0.117. The van der Waals surface area contributed by atoms with Crippen molar-refractivity contribution in [1.82, 2.24) is 5.32 Å². The minimum absolute atomic E-state index is 0.0868. The fraction of sp³-hybridized carbons (Fsp3) is 0.0769. The summed E-state index contributed by atoms with van der Waals surface area (Å²) in [6.07, 6.45) is 3.39. The molecule has 0 spiro atoms. The number of benzene rings is 1. The molecule has 0 radical (unpaired) electrons. The Bertz CT molecular complexity index is 561. The molecule has 5 heteroatoms. The third-order valence-electron chi connectivity index (χ3n) is 2.43. The lowest BCUT2D eigenvalue weighted by atomic mass is 10.1. The van der Waals surface area contributed by atoms with Crippen LogP contribution in [0.1, 0.15) is 12.5 Å². The molecule has 1 heterocycles. The molecule has 92 valence electrons. The zero-order valence-electron chi connectivity index (χ0n) is 9.57. The number of carbonyl (C=O) groups is 1. The fourth-order valence-electron chi connectivity index (χ4n) is 1.45. The van der Waals surface area contributed by atoms with Crippen LogP contribution in [0.3, 0.4) is 0 Å². The fourth-order valence-corrected chi connectivity index (χ4v) is 1.75. The standard InChI is InChI=1S/C13H10ClNO2S/c1-8(9-3-5-10(14)6-4-9)2-7-11-12(16)15-13(18)17-11/h2-7H,1H3,(H,15,16,18)/b8-2-,11-7+. The van der Waals surface area contributed by atoms with Crippen molar-refractivity contribution in [3.8, 4) is 0 Å². The van der Waals surface area contributed by atoms with Crippen molar-refractivity contribution in [3.05, 3.63) is 52.8 Å². The van der Waals surface area contributed by atoms with E-state index in [1.165, 1.54) is 0 Å². The molecule has 1 aromatic carbocycles. The van der Waals surface area contributed by atoms with Gasteiger partial charge < -0.3 is 4.74 Å². The molecular formula is C13H10ClNO2S. The van der Waals surface area contributed by atoms with Crippen molar-refractivity contribution in [2.24, 2.45) is 0 Å². The minimum atomic E-state index is -0.319. The molecule has 1 amide bonds. The van der Waals surface area contributed by atoms with Crippen LogP contribution in [0.4, 0.5) is 0 Å². The van der Waals surface area contributed by atoms with E-state index in [1.54, 1.807) is 12.2 Å². The van der Waals surface area contributed by atoms with E-state index in [9.17, 15) is 4.79 Å². The van der Waals surface area contributed by atoms with Crippen LogP contribution in [-0.2, 0) is 9.53 Å². The molecule has 1 N–H and O–H groups in total. The first-order valence-corrected chi connectivity index (χ1v) is 6.02. The Morgan fingerprint density at radius 2 is 2.06 bits per heavy atom. The normalized spacial score (nSPS) is 17.9. The van der Waals surface area contributed by atoms with E-state index in [2.05, 4.69) is 5.32 Å². The third kappa shape index (κ3) is 2.97. The van der Waals surface area contributed by atoms with Crippen LogP contribution in [0.2, 0.25) is 5.02 Å². The second kappa shape index (κ2) is 5.33. The van der Waals surface area contributed by atoms with Gasteiger partial charge in [-0.1, -0.05) is 29.8 Å². The van der Waals surface area contributed by atoms with Crippen molar-refractivity contribution in [2.45, 2.75) is 6.92 Å². The number of carbonyl (C=O) groups excluding carboxylic acids is 1. The Morgan fingerprint density at radius 3 is 2.61 bits per heavy atom. The highest BCUT2D eigenvalue weighted by Gasteiger charge is 2.22. The summed E-state index contributed by atoms with van der Waals surface area (Å²) in [5.41, 5.74) is 2.02. The second-order valence-corrected chi connectivity index (χ2v) is 4.54. The van der Waals surface area contributed by atoms with Crippen LogP contribution in [-0.4, -0.2) is 11.1 Å². The van der Waals surface area contributed by atoms with Gasteiger partial charge in [0, 0.05) is 5.02 Å². The first kappa shape index (κ1) is 12.8. The lowest BCUT2D eigenvalue weighted by Gasteiger charge is -2.00. The van der Waals surface area contributed by atoms with E-state index in [0.29, 0.717) is 5.02 Å². The second-order valence-electron chi connectivity index (χ2n) is 3.73. The van der Waals surface area contributed by atoms with E-state index in [1.807, 2.05) is 31.2 Å². The highest BCUT2D eigenvalue weighted by molar-refractivity contribution is 7.80. The summed E-state index contributed by atoms with van der Waals surface area (Å²) in [4.78, 5) is 11.3. The van der Waals surface area contributed by atoms with Crippen LogP contribution < -0.4 is 5.32 Å². The van der Waals surface area contributed by atoms with Gasteiger partial charge in [-0.3, -0.25) is 10.1 Å². The predicted octanol–water partition coefficient (Wildman–Crippen LogP) is 3.06. The molecule has 1 fully saturated rings. The molecule has 0 unspecified atom stereocenters. The van der Waals surface area contributed by atoms with E-state index in [-0.39, 0.29) is 16.8 Å². The molecule has 3 nitrogen and oxygen atoms in total. The first-order valence-electron chi connectivity index (χ1n) is 5.24. The Labute approximate surface area is 115 Å². The molecule has 0 bridgehead atoms. The lowest BCUT2D eigenvalue weighted by Crippen LogP contribution is -2.18. The van der Waals surface area contributed by atoms with E-state index >= 15 is 0 Å². The molecule has 1 aliphatic heterocycles. The van der Waals surface area contributed by atoms with Crippen LogP contribution in [0, 0.1) is 0 Å². The number of allylic oxidation sites excluding steroid dienone is 3. The van der Waals surface area contributed by atoms with Gasteiger partial charge in [0.15, 0.2) is 5.76 Å². The summed E-state index contributed by atoms with van der Waals surface area (Å²) in [6, 6.07) is 7.45. The number of nitrogens with one attached hydrogen (secondary N) is 1. The molecule has 1 aliphatic rings. The maximum Gasteiger partial charge on any atom is 0.294 e. The molecule has 0 aliphatic carbocycles. The SMILES string of the molecule is C/C(=C/C=C1/OC(=S)NC1=O)c1ccc(Cl)cc1. The monoisotopic (exact) mass is 279 g/mol. The van der Waals surface area contributed by atoms with Gasteiger partial charge in [-0.25, -0.2) is 0 Å². The lowest BCUT2D eigenvalue weighted by molar-refractivity contribution is -0.116. The topological polar surface area (TPSA) is 38.3 Å². The number of hydrogen-bond donors (Lipinski definition) is 1. The third-order valence-corrected chi connectivity index (χ3v) is 2.86. The molecule has 1 aromatic rings. The summed E-state index contributed by atoms with van der Waals surface area (Å²) in [7, 11) is 0. The van der Waals surface area contributed by atoms with Gasteiger partial charge in [0.1, 0.15) is 0 Å². The van der Waals surface area contributed by atoms with Gasteiger partial charge in [0.25, 0.3) is 11.1 Å². The van der Waals surface area contributed by atoms with Crippen molar-refractivity contribution < 1.29 is 9.53 Å². The van der Waals surface area contributed by atoms with Crippen molar-refractivity contribution in [3.63, 3.8) is 0 Å². The number of thiocarbonyl (C=S) groups is 1. The van der Waals surface area contributed by atoms with Crippen molar-refractivity contribution in [2.75, 3.05) is 0 Å². The number of halogens is 1. The van der Waals surface area contributed by atoms with Gasteiger partial charge in [-0.15, -0.1) is 0 Å². The molecule has 0 aromatic heterocycles. The van der Waals surface area contributed by atoms with Crippen LogP contribution >= 0.6 is 23.8 Å². The van der Waals surface area contributed by atoms with E-state index in [0.717, 1.165) is 11.1 Å². The summed E-state index contributed by atoms with van der Waals surface area (Å²) < 4.78 is 5.05. The smallest absolute Gasteiger partial charge is 0.294 e. The molecule has 18 heavy (non-hydrogen) atoms. The van der Waals surface area contributed by atoms with E-state index < -0.39 is 0 Å². The predicted molar refractivity (Wildman–Crippen MR) is 75.0 cm³/mol. The summed E-state index contributed by atoms with van der Waals surface area (Å²) in [6.45, 7) is 1.94. The number of rotatable bonds is 2. The van der Waals surface area contributed by atoms with Crippen LogP contribution in [0.25, 0.3) is 5.57 Å². The van der Waals surface area contributed by atoms with Gasteiger partial charge in [-0.2, -0.15) is 0 Å². The average Bonchev–Trinajstić information content (AvgIpc) is 2.66. The molecule has 2 rings (SSSR count). The summed E-state index contributed by atoms with van der Waals surface area (Å²) in [5, 5.41) is 3.17. The summed E-state index contributed by atoms with van der Waals surface area (Å²) >= 11 is 10.5. The van der Waals surface area contributed by atoms with E-state index in [4.69, 9.17) is 28.6 Å². The van der Waals surface area contributed by atoms with Gasteiger partial charge in [0.2, 0.25) is 0 Å². The molecule has 1 saturated heterocycles. The van der Waals surface area contributed by atoms with Crippen LogP contribution in [0.5, 0.6) is 0 Å². The molecule has 0 saturated carbocycles. The van der Waals surface area contributed by atoms with Crippen molar-refractivity contribution >= 4 is 40.5 Å². The minimum Gasteiger partial charge on any atom is -0.426 e. The van der Waals surface area contributed by atoms with Gasteiger partial charge in [-0.05, 0) is 48.5 Å². The maximum atomic E-state index is 11.3. The first-order chi connectivity index (χ1) is 8.56. The zero-order valence-corrected chi connectivity index (χ0v) is 11.1. The van der Waals surface area contributed by atoms with Gasteiger partial charge >= 0.3 is 0 Å². The van der Waals surface area contributed by atoms with Crippen molar-refractivity contribution in [1.29, 1.82) is 0 Å². The van der Waals surface area contributed by atoms with Gasteiger partial charge in [0.05, 0.1) is 0 Å². The average molecular weight is 280 g/mol. The highest BCUT2D eigenvalue weighted by atomic mass is 35.5. The molecule has 0 atom stereocenters. The van der Waals surface area contributed by atoms with Crippen LogP contribution in [0.15, 0.2) is 42.2 Å². The number of ether oxygens (including phenoxy) is 1. The molecular weight excluding hydrogens is 270 g/mol. The Balaban J connectivity index is 2.19.